The Balaban J connectivity index is 1.63. The zero-order chi connectivity index (χ0) is 16.9. The predicted octanol–water partition coefficient (Wildman–Crippen LogP) is 2.74. The Bertz CT molecular complexity index is 801. The first-order valence-corrected chi connectivity index (χ1v) is 9.17. The zero-order valence-electron chi connectivity index (χ0n) is 13.3. The molecule has 0 aromatic carbocycles. The van der Waals surface area contributed by atoms with Crippen molar-refractivity contribution in [3.05, 3.63) is 46.9 Å². The fourth-order valence-electron chi connectivity index (χ4n) is 2.11. The largest absolute Gasteiger partial charge is 0.350 e. The average molecular weight is 359 g/mol. The van der Waals surface area contributed by atoms with E-state index in [9.17, 15) is 4.79 Å². The molecular formula is C16H17N5OS2. The van der Waals surface area contributed by atoms with Gasteiger partial charge in [0.05, 0.1) is 11.8 Å². The van der Waals surface area contributed by atoms with Gasteiger partial charge in [0.1, 0.15) is 0 Å². The molecule has 0 aliphatic heterocycles. The maximum atomic E-state index is 12.2. The highest BCUT2D eigenvalue weighted by molar-refractivity contribution is 8.00. The fourth-order valence-corrected chi connectivity index (χ4v) is 3.60. The molecule has 3 rings (SSSR count). The van der Waals surface area contributed by atoms with Gasteiger partial charge in [-0.3, -0.25) is 9.78 Å². The molecular weight excluding hydrogens is 342 g/mol. The summed E-state index contributed by atoms with van der Waals surface area (Å²) in [5.74, 6) is 0.743. The Labute approximate surface area is 148 Å². The lowest BCUT2D eigenvalue weighted by Crippen LogP contribution is -2.30. The van der Waals surface area contributed by atoms with E-state index >= 15 is 0 Å². The van der Waals surface area contributed by atoms with Crippen LogP contribution in [0.2, 0.25) is 0 Å². The second-order valence-corrected chi connectivity index (χ2v) is 7.50. The van der Waals surface area contributed by atoms with Crippen molar-refractivity contribution < 1.29 is 4.79 Å². The second kappa shape index (κ2) is 7.59. The van der Waals surface area contributed by atoms with Gasteiger partial charge in [-0.25, -0.2) is 0 Å². The molecule has 0 aliphatic carbocycles. The van der Waals surface area contributed by atoms with Crippen molar-refractivity contribution in [1.29, 1.82) is 0 Å². The summed E-state index contributed by atoms with van der Waals surface area (Å²) in [6.07, 6.45) is 3.44. The summed E-state index contributed by atoms with van der Waals surface area (Å²) in [4.78, 5) is 17.4. The Morgan fingerprint density at radius 2 is 2.12 bits per heavy atom. The maximum Gasteiger partial charge on any atom is 0.233 e. The molecule has 1 amide bonds. The van der Waals surface area contributed by atoms with Gasteiger partial charge in [-0.1, -0.05) is 17.8 Å². The highest BCUT2D eigenvalue weighted by Crippen LogP contribution is 2.25. The molecule has 124 valence electrons. The molecule has 0 bridgehead atoms. The summed E-state index contributed by atoms with van der Waals surface area (Å²) >= 11 is 3.03. The molecule has 8 heteroatoms. The number of rotatable bonds is 6. The van der Waals surface area contributed by atoms with E-state index in [4.69, 9.17) is 0 Å². The van der Waals surface area contributed by atoms with Crippen molar-refractivity contribution in [2.45, 2.75) is 23.9 Å². The number of hydrogen-bond acceptors (Lipinski definition) is 6. The van der Waals surface area contributed by atoms with Crippen molar-refractivity contribution in [2.75, 3.05) is 0 Å². The Morgan fingerprint density at radius 3 is 2.83 bits per heavy atom. The number of thiophene rings is 1. The first-order valence-electron chi connectivity index (χ1n) is 7.41. The Kier molecular flexibility index (Phi) is 5.27. The minimum atomic E-state index is -0.252. The lowest BCUT2D eigenvalue weighted by atomic mass is 10.2. The number of amides is 1. The van der Waals surface area contributed by atoms with Gasteiger partial charge < -0.3 is 9.88 Å². The van der Waals surface area contributed by atoms with E-state index in [0.29, 0.717) is 11.7 Å². The third-order valence-corrected chi connectivity index (χ3v) is 5.45. The number of nitrogens with zero attached hydrogens (tertiary/aromatic N) is 4. The minimum Gasteiger partial charge on any atom is -0.350 e. The topological polar surface area (TPSA) is 72.7 Å². The quantitative estimate of drug-likeness (QED) is 0.685. The molecule has 3 aromatic heterocycles. The monoisotopic (exact) mass is 359 g/mol. The lowest BCUT2D eigenvalue weighted by molar-refractivity contribution is -0.120. The van der Waals surface area contributed by atoms with E-state index in [1.54, 1.807) is 23.7 Å². The van der Waals surface area contributed by atoms with Crippen molar-refractivity contribution in [3.63, 3.8) is 0 Å². The van der Waals surface area contributed by atoms with Crippen LogP contribution < -0.4 is 5.32 Å². The number of carbonyl (C=O) groups is 1. The number of nitrogens with one attached hydrogen (secondary N) is 1. The Hall–Kier alpha value is -2.19. The van der Waals surface area contributed by atoms with Crippen LogP contribution in [-0.4, -0.2) is 30.9 Å². The van der Waals surface area contributed by atoms with Gasteiger partial charge in [0.25, 0.3) is 0 Å². The summed E-state index contributed by atoms with van der Waals surface area (Å²) < 4.78 is 1.89. The van der Waals surface area contributed by atoms with E-state index in [1.807, 2.05) is 48.2 Å². The van der Waals surface area contributed by atoms with Crippen LogP contribution in [0.3, 0.4) is 0 Å². The summed E-state index contributed by atoms with van der Waals surface area (Å²) in [7, 11) is 1.90. The van der Waals surface area contributed by atoms with Crippen LogP contribution >= 0.6 is 23.1 Å². The molecule has 3 aromatic rings. The van der Waals surface area contributed by atoms with Crippen molar-refractivity contribution in [1.82, 2.24) is 25.1 Å². The second-order valence-electron chi connectivity index (χ2n) is 5.16. The van der Waals surface area contributed by atoms with Gasteiger partial charge in [0, 0.05) is 29.9 Å². The molecule has 3 heterocycles. The van der Waals surface area contributed by atoms with Crippen molar-refractivity contribution in [2.24, 2.45) is 7.05 Å². The van der Waals surface area contributed by atoms with Crippen molar-refractivity contribution >= 4 is 29.0 Å². The lowest BCUT2D eigenvalue weighted by Gasteiger charge is -2.11. The molecule has 24 heavy (non-hydrogen) atoms. The first-order chi connectivity index (χ1) is 11.6. The normalized spacial score (nSPS) is 12.1. The highest BCUT2D eigenvalue weighted by Gasteiger charge is 2.19. The van der Waals surface area contributed by atoms with Crippen LogP contribution in [0.15, 0.2) is 47.2 Å². The van der Waals surface area contributed by atoms with E-state index in [1.165, 1.54) is 11.8 Å². The van der Waals surface area contributed by atoms with Crippen LogP contribution in [0, 0.1) is 0 Å². The summed E-state index contributed by atoms with van der Waals surface area (Å²) in [6.45, 7) is 2.43. The number of thioether (sulfide) groups is 1. The van der Waals surface area contributed by atoms with Gasteiger partial charge in [-0.05, 0) is 30.5 Å². The van der Waals surface area contributed by atoms with E-state index < -0.39 is 0 Å². The van der Waals surface area contributed by atoms with E-state index in [2.05, 4.69) is 20.5 Å². The molecule has 1 N–H and O–H groups in total. The third-order valence-electron chi connectivity index (χ3n) is 3.44. The molecule has 0 radical (unpaired) electrons. The van der Waals surface area contributed by atoms with E-state index in [0.717, 1.165) is 16.3 Å². The van der Waals surface area contributed by atoms with Crippen molar-refractivity contribution in [3.8, 4) is 11.4 Å². The molecule has 0 saturated heterocycles. The minimum absolute atomic E-state index is 0.0122. The molecule has 0 fully saturated rings. The van der Waals surface area contributed by atoms with Gasteiger partial charge in [-0.2, -0.15) is 0 Å². The number of carbonyl (C=O) groups excluding carboxylic acids is 1. The smallest absolute Gasteiger partial charge is 0.233 e. The van der Waals surface area contributed by atoms with Crippen LogP contribution in [0.25, 0.3) is 11.4 Å². The standard InChI is InChI=1S/C16H17N5OS2/c1-11(15(22)18-10-13-4-3-9-23-13)24-16-20-19-14(21(16)2)12-5-7-17-8-6-12/h3-9,11H,10H2,1-2H3,(H,18,22)/t11-/m1/s1. The van der Waals surface area contributed by atoms with Crippen LogP contribution in [-0.2, 0) is 18.4 Å². The predicted molar refractivity (Wildman–Crippen MR) is 95.7 cm³/mol. The molecule has 0 spiro atoms. The number of pyridine rings is 1. The van der Waals surface area contributed by atoms with Gasteiger partial charge in [-0.15, -0.1) is 21.5 Å². The summed E-state index contributed by atoms with van der Waals surface area (Å²) in [5.41, 5.74) is 0.946. The third kappa shape index (κ3) is 3.82. The van der Waals surface area contributed by atoms with Crippen LogP contribution in [0.5, 0.6) is 0 Å². The molecule has 1 atom stereocenters. The maximum absolute atomic E-state index is 12.2. The summed E-state index contributed by atoms with van der Waals surface area (Å²) in [5, 5.41) is 13.8. The van der Waals surface area contributed by atoms with Gasteiger partial charge in [0.2, 0.25) is 5.91 Å². The number of hydrogen-bond donors (Lipinski definition) is 1. The number of aromatic nitrogens is 4. The highest BCUT2D eigenvalue weighted by atomic mass is 32.2. The molecule has 0 saturated carbocycles. The average Bonchev–Trinajstić information content (AvgIpc) is 3.24. The van der Waals surface area contributed by atoms with Gasteiger partial charge >= 0.3 is 0 Å². The summed E-state index contributed by atoms with van der Waals surface area (Å²) in [6, 6.07) is 7.75. The van der Waals surface area contributed by atoms with Crippen LogP contribution in [0.4, 0.5) is 0 Å². The molecule has 0 unspecified atom stereocenters. The molecule has 6 nitrogen and oxygen atoms in total. The zero-order valence-corrected chi connectivity index (χ0v) is 15.0. The fraction of sp³-hybridized carbons (Fsp3) is 0.250. The molecule has 0 aliphatic rings. The van der Waals surface area contributed by atoms with Gasteiger partial charge in [0.15, 0.2) is 11.0 Å². The SMILES string of the molecule is C[C@@H](Sc1nnc(-c2ccncc2)n1C)C(=O)NCc1cccs1. The first kappa shape index (κ1) is 16.7. The van der Waals surface area contributed by atoms with E-state index in [-0.39, 0.29) is 11.2 Å². The van der Waals surface area contributed by atoms with Crippen LogP contribution in [0.1, 0.15) is 11.8 Å². The Morgan fingerprint density at radius 1 is 1.33 bits per heavy atom.